The molecule has 2 aromatic heterocycles. The lowest BCUT2D eigenvalue weighted by Crippen LogP contribution is -2.34. The molecular weight excluding hydrogens is 350 g/mol. The average Bonchev–Trinajstić information content (AvgIpc) is 2.69. The molecule has 0 aliphatic carbocycles. The first-order chi connectivity index (χ1) is 13.6. The molecule has 1 aliphatic rings. The van der Waals surface area contributed by atoms with Crippen LogP contribution in [0.2, 0.25) is 0 Å². The van der Waals surface area contributed by atoms with Crippen LogP contribution in [0, 0.1) is 13.8 Å². The highest BCUT2D eigenvalue weighted by molar-refractivity contribution is 5.59. The highest BCUT2D eigenvalue weighted by atomic mass is 16.1. The van der Waals surface area contributed by atoms with Gasteiger partial charge in [-0.2, -0.15) is 0 Å². The van der Waals surface area contributed by atoms with Gasteiger partial charge in [-0.25, -0.2) is 15.0 Å². The zero-order valence-electron chi connectivity index (χ0n) is 16.4. The molecule has 4 rings (SSSR count). The van der Waals surface area contributed by atoms with Crippen LogP contribution in [0.3, 0.4) is 0 Å². The molecule has 144 valence electrons. The van der Waals surface area contributed by atoms with Gasteiger partial charge in [0.25, 0.3) is 5.56 Å². The second-order valence-electron chi connectivity index (χ2n) is 7.56. The van der Waals surface area contributed by atoms with Crippen molar-refractivity contribution in [3.8, 4) is 11.4 Å². The Morgan fingerprint density at radius 2 is 1.96 bits per heavy atom. The van der Waals surface area contributed by atoms with Crippen LogP contribution < -0.4 is 5.56 Å². The minimum Gasteiger partial charge on any atom is -0.311 e. The molecule has 0 saturated carbocycles. The van der Waals surface area contributed by atoms with Crippen LogP contribution >= 0.6 is 0 Å². The second-order valence-corrected chi connectivity index (χ2v) is 7.56. The molecule has 0 bridgehead atoms. The van der Waals surface area contributed by atoms with Crippen molar-refractivity contribution in [1.82, 2.24) is 24.8 Å². The zero-order chi connectivity index (χ0) is 19.5. The van der Waals surface area contributed by atoms with Gasteiger partial charge in [-0.05, 0) is 38.8 Å². The number of benzene rings is 1. The summed E-state index contributed by atoms with van der Waals surface area (Å²) in [6.45, 7) is 6.66. The third kappa shape index (κ3) is 4.17. The first-order valence-electron chi connectivity index (χ1n) is 9.75. The Bertz CT molecular complexity index is 1010. The summed E-state index contributed by atoms with van der Waals surface area (Å²) >= 11 is 0. The Balaban J connectivity index is 1.45. The number of piperidine rings is 1. The standard InChI is InChI=1S/C22H25N5O/c1-15-6-3-4-8-19(15)22-23-11-17(12-24-22)13-27-9-5-7-18(14-27)20-10-21(28)26-16(2)25-20/h3-4,6,8,10-12,18H,5,7,9,13-14H2,1-2H3,(H,25,26,28)/t18-/m0/s1. The topological polar surface area (TPSA) is 74.8 Å². The van der Waals surface area contributed by atoms with Crippen molar-refractivity contribution in [2.45, 2.75) is 39.2 Å². The number of aryl methyl sites for hydroxylation is 2. The number of nitrogens with zero attached hydrogens (tertiary/aromatic N) is 4. The third-order valence-electron chi connectivity index (χ3n) is 5.30. The lowest BCUT2D eigenvalue weighted by Gasteiger charge is -2.32. The molecule has 1 fully saturated rings. The van der Waals surface area contributed by atoms with Crippen molar-refractivity contribution in [1.29, 1.82) is 0 Å². The number of likely N-dealkylation sites (tertiary alicyclic amines) is 1. The van der Waals surface area contributed by atoms with E-state index in [1.54, 1.807) is 6.07 Å². The highest BCUT2D eigenvalue weighted by Gasteiger charge is 2.23. The quantitative estimate of drug-likeness (QED) is 0.758. The number of hydrogen-bond donors (Lipinski definition) is 1. The lowest BCUT2D eigenvalue weighted by atomic mass is 9.94. The summed E-state index contributed by atoms with van der Waals surface area (Å²) in [6.07, 6.45) is 6.01. The van der Waals surface area contributed by atoms with Gasteiger partial charge in [-0.15, -0.1) is 0 Å². The number of nitrogens with one attached hydrogen (secondary N) is 1. The van der Waals surface area contributed by atoms with Crippen LogP contribution in [0.1, 0.15) is 41.4 Å². The first kappa shape index (κ1) is 18.5. The van der Waals surface area contributed by atoms with Crippen LogP contribution in [0.4, 0.5) is 0 Å². The third-order valence-corrected chi connectivity index (χ3v) is 5.30. The van der Waals surface area contributed by atoms with E-state index in [0.717, 1.165) is 55.1 Å². The van der Waals surface area contributed by atoms with Gasteiger partial charge in [0.05, 0.1) is 5.69 Å². The fraction of sp³-hybridized carbons (Fsp3) is 0.364. The summed E-state index contributed by atoms with van der Waals surface area (Å²) in [4.78, 5) is 30.6. The van der Waals surface area contributed by atoms with Gasteiger partial charge in [0.15, 0.2) is 5.82 Å². The van der Waals surface area contributed by atoms with Gasteiger partial charge >= 0.3 is 0 Å². The molecule has 0 spiro atoms. The number of aromatic amines is 1. The lowest BCUT2D eigenvalue weighted by molar-refractivity contribution is 0.198. The summed E-state index contributed by atoms with van der Waals surface area (Å²) in [5.41, 5.74) is 4.18. The normalized spacial score (nSPS) is 17.6. The maximum atomic E-state index is 11.8. The monoisotopic (exact) mass is 375 g/mol. The van der Waals surface area contributed by atoms with Gasteiger partial charge in [0, 0.05) is 48.6 Å². The van der Waals surface area contributed by atoms with Crippen LogP contribution in [0.25, 0.3) is 11.4 Å². The van der Waals surface area contributed by atoms with Crippen molar-refractivity contribution in [3.63, 3.8) is 0 Å². The smallest absolute Gasteiger partial charge is 0.251 e. The summed E-state index contributed by atoms with van der Waals surface area (Å²) in [5, 5.41) is 0. The average molecular weight is 375 g/mol. The predicted molar refractivity (Wildman–Crippen MR) is 109 cm³/mol. The van der Waals surface area contributed by atoms with Crippen LogP contribution in [-0.4, -0.2) is 37.9 Å². The Morgan fingerprint density at radius 3 is 2.71 bits per heavy atom. The molecular formula is C22H25N5O. The molecule has 3 aromatic rings. The highest BCUT2D eigenvalue weighted by Crippen LogP contribution is 2.26. The van der Waals surface area contributed by atoms with E-state index in [9.17, 15) is 4.79 Å². The summed E-state index contributed by atoms with van der Waals surface area (Å²) < 4.78 is 0. The van der Waals surface area contributed by atoms with Gasteiger partial charge in [0.2, 0.25) is 0 Å². The fourth-order valence-electron chi connectivity index (χ4n) is 3.91. The van der Waals surface area contributed by atoms with E-state index >= 15 is 0 Å². The van der Waals surface area contributed by atoms with E-state index in [2.05, 4.69) is 43.9 Å². The molecule has 0 radical (unpaired) electrons. The molecule has 6 nitrogen and oxygen atoms in total. The Hall–Kier alpha value is -2.86. The van der Waals surface area contributed by atoms with Crippen LogP contribution in [-0.2, 0) is 6.54 Å². The van der Waals surface area contributed by atoms with E-state index in [4.69, 9.17) is 0 Å². The maximum Gasteiger partial charge on any atom is 0.251 e. The van der Waals surface area contributed by atoms with Crippen molar-refractivity contribution in [2.75, 3.05) is 13.1 Å². The van der Waals surface area contributed by atoms with Gasteiger partial charge in [0.1, 0.15) is 5.82 Å². The largest absolute Gasteiger partial charge is 0.311 e. The fourth-order valence-corrected chi connectivity index (χ4v) is 3.91. The van der Waals surface area contributed by atoms with Crippen molar-refractivity contribution in [3.05, 3.63) is 75.7 Å². The summed E-state index contributed by atoms with van der Waals surface area (Å²) in [5.74, 6) is 1.74. The number of rotatable bonds is 4. The molecule has 6 heteroatoms. The second kappa shape index (κ2) is 8.02. The van der Waals surface area contributed by atoms with E-state index < -0.39 is 0 Å². The molecule has 0 amide bonds. The molecule has 1 saturated heterocycles. The number of hydrogen-bond acceptors (Lipinski definition) is 5. The molecule has 28 heavy (non-hydrogen) atoms. The van der Waals surface area contributed by atoms with Gasteiger partial charge < -0.3 is 4.98 Å². The van der Waals surface area contributed by atoms with E-state index in [0.29, 0.717) is 11.7 Å². The molecule has 1 aliphatic heterocycles. The van der Waals surface area contributed by atoms with Crippen molar-refractivity contribution in [2.24, 2.45) is 0 Å². The van der Waals surface area contributed by atoms with E-state index in [-0.39, 0.29) is 5.56 Å². The molecule has 1 aromatic carbocycles. The van der Waals surface area contributed by atoms with Crippen molar-refractivity contribution < 1.29 is 0 Å². The summed E-state index contributed by atoms with van der Waals surface area (Å²) in [6, 6.07) is 9.80. The minimum absolute atomic E-state index is 0.0696. The molecule has 1 atom stereocenters. The predicted octanol–water partition coefficient (Wildman–Crippen LogP) is 3.22. The number of aromatic nitrogens is 4. The van der Waals surface area contributed by atoms with Gasteiger partial charge in [-0.3, -0.25) is 9.69 Å². The van der Waals surface area contributed by atoms with E-state index in [1.165, 1.54) is 5.56 Å². The van der Waals surface area contributed by atoms with Crippen LogP contribution in [0.15, 0.2) is 47.5 Å². The maximum absolute atomic E-state index is 11.8. The van der Waals surface area contributed by atoms with Crippen LogP contribution in [0.5, 0.6) is 0 Å². The first-order valence-corrected chi connectivity index (χ1v) is 9.75. The van der Waals surface area contributed by atoms with E-state index in [1.807, 2.05) is 31.5 Å². The van der Waals surface area contributed by atoms with Crippen molar-refractivity contribution >= 4 is 0 Å². The minimum atomic E-state index is -0.0696. The Labute approximate surface area is 164 Å². The molecule has 0 unspecified atom stereocenters. The molecule has 1 N–H and O–H groups in total. The Kier molecular flexibility index (Phi) is 5.30. The van der Waals surface area contributed by atoms with Gasteiger partial charge in [-0.1, -0.05) is 24.3 Å². The summed E-state index contributed by atoms with van der Waals surface area (Å²) in [7, 11) is 0. The molecule has 3 heterocycles. The SMILES string of the molecule is Cc1nc([C@H]2CCCN(Cc3cnc(-c4ccccc4C)nc3)C2)cc(=O)[nH]1. The Morgan fingerprint density at radius 1 is 1.18 bits per heavy atom. The zero-order valence-corrected chi connectivity index (χ0v) is 16.4. The number of H-pyrrole nitrogens is 1.